The number of aliphatic hydroxyl groups excluding tert-OH is 1. The molecule has 0 aromatic rings. The summed E-state index contributed by atoms with van der Waals surface area (Å²) in [6, 6.07) is 0. The Balaban J connectivity index is 0.00000288. The van der Waals surface area contributed by atoms with Gasteiger partial charge in [-0.25, -0.2) is 0 Å². The van der Waals surface area contributed by atoms with Gasteiger partial charge in [-0.05, 0) is 44.7 Å². The van der Waals surface area contributed by atoms with Crippen LogP contribution in [0.25, 0.3) is 0 Å². The number of ether oxygens (including phenoxy) is 1. The Morgan fingerprint density at radius 2 is 2.08 bits per heavy atom. The van der Waals surface area contributed by atoms with Crippen molar-refractivity contribution < 1.29 is 9.84 Å². The van der Waals surface area contributed by atoms with Gasteiger partial charge in [-0.1, -0.05) is 6.92 Å². The maximum atomic E-state index is 9.29. The Bertz CT molecular complexity index is 370. The summed E-state index contributed by atoms with van der Waals surface area (Å²) in [4.78, 5) is 6.87. The first kappa shape index (κ1) is 21.9. The maximum Gasteiger partial charge on any atom is 0.191 e. The van der Waals surface area contributed by atoms with E-state index in [2.05, 4.69) is 27.4 Å². The van der Waals surface area contributed by atoms with E-state index in [1.54, 1.807) is 0 Å². The predicted octanol–water partition coefficient (Wildman–Crippen LogP) is 1.29. The van der Waals surface area contributed by atoms with Gasteiger partial charge in [0.15, 0.2) is 5.96 Å². The van der Waals surface area contributed by atoms with Crippen LogP contribution in [-0.4, -0.2) is 75.6 Å². The third kappa shape index (κ3) is 7.01. The molecule has 7 heteroatoms. The lowest BCUT2D eigenvalue weighted by Gasteiger charge is -2.28. The Kier molecular flexibility index (Phi) is 10.5. The minimum atomic E-state index is 0. The summed E-state index contributed by atoms with van der Waals surface area (Å²) in [5, 5.41) is 16.1. The van der Waals surface area contributed by atoms with Gasteiger partial charge in [-0.15, -0.1) is 24.0 Å². The van der Waals surface area contributed by atoms with Crippen molar-refractivity contribution in [3.8, 4) is 0 Å². The highest BCUT2D eigenvalue weighted by atomic mass is 127. The minimum Gasteiger partial charge on any atom is -0.396 e. The Morgan fingerprint density at radius 1 is 1.33 bits per heavy atom. The summed E-state index contributed by atoms with van der Waals surface area (Å²) in [6.07, 6.45) is 4.47. The Hall–Kier alpha value is -0.120. The first-order chi connectivity index (χ1) is 11.2. The number of hydrogen-bond donors (Lipinski definition) is 3. The molecule has 2 aliphatic heterocycles. The number of nitrogens with zero attached hydrogens (tertiary/aromatic N) is 2. The van der Waals surface area contributed by atoms with E-state index in [1.807, 2.05) is 7.05 Å². The monoisotopic (exact) mass is 454 g/mol. The molecule has 3 N–H and O–H groups in total. The molecule has 2 unspecified atom stereocenters. The lowest BCUT2D eigenvalue weighted by molar-refractivity contribution is 0.127. The third-order valence-corrected chi connectivity index (χ3v) is 5.07. The van der Waals surface area contributed by atoms with Crippen LogP contribution in [0.5, 0.6) is 0 Å². The molecule has 0 aromatic carbocycles. The second-order valence-corrected chi connectivity index (χ2v) is 7.20. The highest BCUT2D eigenvalue weighted by molar-refractivity contribution is 14.0. The zero-order valence-corrected chi connectivity index (χ0v) is 17.6. The van der Waals surface area contributed by atoms with Gasteiger partial charge >= 0.3 is 0 Å². The van der Waals surface area contributed by atoms with Crippen molar-refractivity contribution in [2.75, 3.05) is 59.6 Å². The molecule has 6 nitrogen and oxygen atoms in total. The molecule has 2 heterocycles. The number of aliphatic hydroxyl groups is 1. The summed E-state index contributed by atoms with van der Waals surface area (Å²) in [7, 11) is 1.81. The fourth-order valence-corrected chi connectivity index (χ4v) is 3.54. The Morgan fingerprint density at radius 3 is 2.67 bits per heavy atom. The lowest BCUT2D eigenvalue weighted by atomic mass is 9.84. The van der Waals surface area contributed by atoms with E-state index in [0.717, 1.165) is 51.6 Å². The van der Waals surface area contributed by atoms with E-state index in [0.29, 0.717) is 5.92 Å². The van der Waals surface area contributed by atoms with Crippen LogP contribution in [0.2, 0.25) is 0 Å². The van der Waals surface area contributed by atoms with Gasteiger partial charge in [-0.3, -0.25) is 4.99 Å². The van der Waals surface area contributed by atoms with Crippen LogP contribution in [0, 0.1) is 11.3 Å². The molecule has 0 aliphatic carbocycles. The zero-order chi connectivity index (χ0) is 16.5. The third-order valence-electron chi connectivity index (χ3n) is 5.07. The van der Waals surface area contributed by atoms with E-state index in [9.17, 15) is 5.11 Å². The zero-order valence-electron chi connectivity index (χ0n) is 15.2. The van der Waals surface area contributed by atoms with Gasteiger partial charge < -0.3 is 25.4 Å². The molecule has 2 fully saturated rings. The van der Waals surface area contributed by atoms with E-state index < -0.39 is 0 Å². The average Bonchev–Trinajstić information content (AvgIpc) is 3.20. The molecule has 0 amide bonds. The SMILES string of the molecule is CN=C(NCC(C)CN1CCCC1)NCC1(CCO)CCOC1.I. The van der Waals surface area contributed by atoms with Crippen LogP contribution < -0.4 is 10.6 Å². The molecule has 0 spiro atoms. The van der Waals surface area contributed by atoms with Gasteiger partial charge in [0.1, 0.15) is 0 Å². The number of halogens is 1. The van der Waals surface area contributed by atoms with Gasteiger partial charge in [0.25, 0.3) is 0 Å². The number of likely N-dealkylation sites (tertiary alicyclic amines) is 1. The molecule has 0 bridgehead atoms. The van der Waals surface area contributed by atoms with E-state index in [1.165, 1.54) is 25.9 Å². The number of guanidine groups is 1. The summed E-state index contributed by atoms with van der Waals surface area (Å²) < 4.78 is 5.53. The largest absolute Gasteiger partial charge is 0.396 e. The van der Waals surface area contributed by atoms with Crippen molar-refractivity contribution in [2.45, 2.75) is 32.6 Å². The van der Waals surface area contributed by atoms with Crippen LogP contribution >= 0.6 is 24.0 Å². The minimum absolute atomic E-state index is 0. The molecule has 0 radical (unpaired) electrons. The molecule has 2 atom stereocenters. The van der Waals surface area contributed by atoms with E-state index in [4.69, 9.17) is 4.74 Å². The molecule has 2 saturated heterocycles. The van der Waals surface area contributed by atoms with Crippen LogP contribution in [0.1, 0.15) is 32.6 Å². The van der Waals surface area contributed by atoms with Crippen molar-refractivity contribution >= 4 is 29.9 Å². The summed E-state index contributed by atoms with van der Waals surface area (Å²) in [5.41, 5.74) is 0.0491. The summed E-state index contributed by atoms with van der Waals surface area (Å²) in [6.45, 7) is 9.41. The number of rotatable bonds is 8. The quantitative estimate of drug-likeness (QED) is 0.293. The molecule has 2 rings (SSSR count). The van der Waals surface area contributed by atoms with Crippen molar-refractivity contribution in [3.63, 3.8) is 0 Å². The summed E-state index contributed by atoms with van der Waals surface area (Å²) >= 11 is 0. The molecular formula is C17H35IN4O2. The van der Waals surface area contributed by atoms with E-state index in [-0.39, 0.29) is 36.0 Å². The molecular weight excluding hydrogens is 419 g/mol. The molecule has 24 heavy (non-hydrogen) atoms. The molecule has 2 aliphatic rings. The van der Waals surface area contributed by atoms with Gasteiger partial charge in [0.05, 0.1) is 6.61 Å². The highest BCUT2D eigenvalue weighted by Gasteiger charge is 2.34. The van der Waals surface area contributed by atoms with Gasteiger partial charge in [-0.2, -0.15) is 0 Å². The highest BCUT2D eigenvalue weighted by Crippen LogP contribution is 2.31. The van der Waals surface area contributed by atoms with Gasteiger partial charge in [0.2, 0.25) is 0 Å². The van der Waals surface area contributed by atoms with Crippen molar-refractivity contribution in [2.24, 2.45) is 16.3 Å². The normalized spacial score (nSPS) is 26.2. The van der Waals surface area contributed by atoms with Crippen molar-refractivity contribution in [1.29, 1.82) is 0 Å². The fourth-order valence-electron chi connectivity index (χ4n) is 3.54. The first-order valence-corrected chi connectivity index (χ1v) is 9.03. The smallest absolute Gasteiger partial charge is 0.191 e. The summed E-state index contributed by atoms with van der Waals surface area (Å²) in [5.74, 6) is 1.45. The molecule has 0 saturated carbocycles. The average molecular weight is 454 g/mol. The second kappa shape index (κ2) is 11.5. The number of hydrogen-bond acceptors (Lipinski definition) is 4. The lowest BCUT2D eigenvalue weighted by Crippen LogP contribution is -2.46. The van der Waals surface area contributed by atoms with Crippen molar-refractivity contribution in [1.82, 2.24) is 15.5 Å². The Labute approximate surface area is 163 Å². The second-order valence-electron chi connectivity index (χ2n) is 7.20. The van der Waals surface area contributed by atoms with Crippen LogP contribution in [0.3, 0.4) is 0 Å². The predicted molar refractivity (Wildman–Crippen MR) is 109 cm³/mol. The molecule has 142 valence electrons. The molecule has 0 aromatic heterocycles. The van der Waals surface area contributed by atoms with Crippen LogP contribution in [0.4, 0.5) is 0 Å². The van der Waals surface area contributed by atoms with E-state index >= 15 is 0 Å². The van der Waals surface area contributed by atoms with Crippen molar-refractivity contribution in [3.05, 3.63) is 0 Å². The van der Waals surface area contributed by atoms with Crippen LogP contribution in [-0.2, 0) is 4.74 Å². The first-order valence-electron chi connectivity index (χ1n) is 9.03. The van der Waals surface area contributed by atoms with Crippen LogP contribution in [0.15, 0.2) is 4.99 Å². The fraction of sp³-hybridized carbons (Fsp3) is 0.941. The topological polar surface area (TPSA) is 69.1 Å². The maximum absolute atomic E-state index is 9.29. The number of nitrogens with one attached hydrogen (secondary N) is 2. The van der Waals surface area contributed by atoms with Gasteiger partial charge in [0, 0.05) is 45.3 Å². The number of aliphatic imine (C=N–C) groups is 1. The standard InChI is InChI=1S/C17H34N4O2.HI/c1-15(12-21-7-3-4-8-21)11-19-16(18-2)20-13-17(5-9-22)6-10-23-14-17;/h15,22H,3-14H2,1-2H3,(H2,18,19,20);1H.